The Morgan fingerprint density at radius 3 is 2.94 bits per heavy atom. The second-order valence-corrected chi connectivity index (χ2v) is 9.88. The van der Waals surface area contributed by atoms with Gasteiger partial charge < -0.3 is 15.1 Å². The maximum absolute atomic E-state index is 4.54. The molecule has 6 heteroatoms. The number of rotatable bonds is 2. The Morgan fingerprint density at radius 1 is 1.08 bits per heavy atom. The van der Waals surface area contributed by atoms with Crippen molar-refractivity contribution in [3.8, 4) is 0 Å². The molecule has 1 atom stereocenters. The summed E-state index contributed by atoms with van der Waals surface area (Å²) in [5.74, 6) is 0. The lowest BCUT2D eigenvalue weighted by Gasteiger charge is -2.41. The van der Waals surface area contributed by atoms with Gasteiger partial charge in [-0.1, -0.05) is 6.07 Å². The summed E-state index contributed by atoms with van der Waals surface area (Å²) in [4.78, 5) is 18.2. The van der Waals surface area contributed by atoms with Crippen molar-refractivity contribution < 1.29 is 0 Å². The molecule has 0 fully saturated rings. The van der Waals surface area contributed by atoms with E-state index in [4.69, 9.17) is 0 Å². The highest BCUT2D eigenvalue weighted by molar-refractivity contribution is 6.14. The molecule has 36 heavy (non-hydrogen) atoms. The normalized spacial score (nSPS) is 22.8. The first-order valence-corrected chi connectivity index (χ1v) is 12.5. The van der Waals surface area contributed by atoms with Crippen LogP contribution < -0.4 is 15.1 Å². The SMILES string of the molecule is CC1(C)/C=C\N=CCC2=C(C=CNCC2)N1c1cccc(N2c3ccncc3C3=CC2C=CN=C3)c1. The predicted octanol–water partition coefficient (Wildman–Crippen LogP) is 5.92. The molecule has 6 nitrogen and oxygen atoms in total. The molecule has 6 rings (SSSR count). The van der Waals surface area contributed by atoms with Crippen molar-refractivity contribution >= 4 is 35.1 Å². The van der Waals surface area contributed by atoms with Gasteiger partial charge in [-0.15, -0.1) is 0 Å². The zero-order valence-electron chi connectivity index (χ0n) is 20.7. The Balaban J connectivity index is 1.50. The zero-order valence-corrected chi connectivity index (χ0v) is 20.7. The first kappa shape index (κ1) is 22.3. The van der Waals surface area contributed by atoms with E-state index in [-0.39, 0.29) is 11.6 Å². The second-order valence-electron chi connectivity index (χ2n) is 9.88. The summed E-state index contributed by atoms with van der Waals surface area (Å²) < 4.78 is 0. The molecule has 0 radical (unpaired) electrons. The molecule has 0 aliphatic carbocycles. The fraction of sp³-hybridized carbons (Fsp3) is 0.233. The number of hydrogen-bond donors (Lipinski definition) is 1. The summed E-state index contributed by atoms with van der Waals surface area (Å²) in [5.41, 5.74) is 7.93. The standard InChI is InChI=1S/C30H30N6/c1-30(2)11-17-32-13-7-22-6-12-31-15-9-28(22)36(30)26-5-3-4-24(19-26)35-25-8-14-33-20-23(18-25)27-21-34-16-10-29(27)35/h3-5,8-11,13-21,25,31H,6-7,12H2,1-2H3/b17-11-,32-13?. The maximum atomic E-state index is 4.54. The van der Waals surface area contributed by atoms with Crippen LogP contribution in [0.2, 0.25) is 0 Å². The molecule has 1 N–H and O–H groups in total. The van der Waals surface area contributed by atoms with E-state index in [1.165, 1.54) is 11.3 Å². The third-order valence-electron chi connectivity index (χ3n) is 7.09. The lowest BCUT2D eigenvalue weighted by atomic mass is 9.95. The van der Waals surface area contributed by atoms with Gasteiger partial charge in [-0.3, -0.25) is 15.0 Å². The number of hydrogen-bond acceptors (Lipinski definition) is 6. The monoisotopic (exact) mass is 474 g/mol. The maximum Gasteiger partial charge on any atom is 0.0733 e. The molecule has 2 aromatic rings. The summed E-state index contributed by atoms with van der Waals surface area (Å²) in [5, 5.41) is 3.41. The lowest BCUT2D eigenvalue weighted by molar-refractivity contribution is 0.606. The molecule has 0 saturated carbocycles. The molecule has 5 heterocycles. The number of fused-ring (bicyclic) bond motifs is 3. The highest BCUT2D eigenvalue weighted by atomic mass is 15.2. The summed E-state index contributed by atoms with van der Waals surface area (Å²) in [6.07, 6.45) is 24.2. The average molecular weight is 475 g/mol. The summed E-state index contributed by atoms with van der Waals surface area (Å²) in [7, 11) is 0. The molecule has 0 spiro atoms. The van der Waals surface area contributed by atoms with Crippen LogP contribution in [0.1, 0.15) is 32.3 Å². The molecule has 0 amide bonds. The van der Waals surface area contributed by atoms with Crippen LogP contribution in [0.15, 0.2) is 107 Å². The summed E-state index contributed by atoms with van der Waals surface area (Å²) in [6.45, 7) is 5.42. The lowest BCUT2D eigenvalue weighted by Crippen LogP contribution is -2.42. The van der Waals surface area contributed by atoms with Crippen molar-refractivity contribution in [3.63, 3.8) is 0 Å². The van der Waals surface area contributed by atoms with Crippen LogP contribution in [0.4, 0.5) is 17.1 Å². The van der Waals surface area contributed by atoms with Crippen LogP contribution >= 0.6 is 0 Å². The molecule has 0 saturated heterocycles. The van der Waals surface area contributed by atoms with Crippen molar-refractivity contribution in [3.05, 3.63) is 102 Å². The van der Waals surface area contributed by atoms with Crippen molar-refractivity contribution in [2.75, 3.05) is 16.3 Å². The first-order chi connectivity index (χ1) is 17.6. The van der Waals surface area contributed by atoms with Crippen LogP contribution in [0, 0.1) is 0 Å². The second kappa shape index (κ2) is 9.11. The number of nitrogens with one attached hydrogen (secondary N) is 1. The van der Waals surface area contributed by atoms with E-state index in [1.54, 1.807) is 0 Å². The largest absolute Gasteiger partial charge is 0.391 e. The third-order valence-corrected chi connectivity index (χ3v) is 7.09. The van der Waals surface area contributed by atoms with Crippen LogP contribution in [-0.2, 0) is 0 Å². The fourth-order valence-corrected chi connectivity index (χ4v) is 5.37. The molecular weight excluding hydrogens is 444 g/mol. The van der Waals surface area contributed by atoms with Crippen LogP contribution in [0.3, 0.4) is 0 Å². The van der Waals surface area contributed by atoms with E-state index in [1.807, 2.05) is 37.2 Å². The van der Waals surface area contributed by atoms with Crippen LogP contribution in [0.5, 0.6) is 0 Å². The van der Waals surface area contributed by atoms with E-state index in [9.17, 15) is 0 Å². The average Bonchev–Trinajstić information content (AvgIpc) is 3.21. The summed E-state index contributed by atoms with van der Waals surface area (Å²) in [6, 6.07) is 11.0. The highest BCUT2D eigenvalue weighted by Crippen LogP contribution is 2.42. The van der Waals surface area contributed by atoms with Crippen molar-refractivity contribution in [1.29, 1.82) is 0 Å². The zero-order chi connectivity index (χ0) is 24.5. The number of allylic oxidation sites excluding steroid dienone is 2. The smallest absolute Gasteiger partial charge is 0.0733 e. The molecule has 4 aliphatic heterocycles. The van der Waals surface area contributed by atoms with Gasteiger partial charge in [0.2, 0.25) is 0 Å². The Labute approximate surface area is 212 Å². The molecular formula is C30H30N6. The minimum Gasteiger partial charge on any atom is -0.391 e. The van der Waals surface area contributed by atoms with Gasteiger partial charge in [-0.2, -0.15) is 0 Å². The highest BCUT2D eigenvalue weighted by Gasteiger charge is 2.31. The van der Waals surface area contributed by atoms with Gasteiger partial charge in [0.1, 0.15) is 0 Å². The Morgan fingerprint density at radius 2 is 2.00 bits per heavy atom. The Bertz CT molecular complexity index is 1390. The minimum atomic E-state index is -0.289. The Kier molecular flexibility index (Phi) is 5.64. The Hall–Kier alpha value is -4.19. The van der Waals surface area contributed by atoms with E-state index in [0.29, 0.717) is 0 Å². The van der Waals surface area contributed by atoms with E-state index in [2.05, 4.69) is 105 Å². The van der Waals surface area contributed by atoms with Gasteiger partial charge >= 0.3 is 0 Å². The van der Waals surface area contributed by atoms with E-state index < -0.39 is 0 Å². The third kappa shape index (κ3) is 3.98. The number of nitrogens with zero attached hydrogens (tertiary/aromatic N) is 5. The van der Waals surface area contributed by atoms with E-state index in [0.717, 1.165) is 47.6 Å². The topological polar surface area (TPSA) is 56.1 Å². The van der Waals surface area contributed by atoms with Crippen LogP contribution in [-0.4, -0.2) is 35.5 Å². The number of benzene rings is 1. The number of aromatic nitrogens is 1. The minimum absolute atomic E-state index is 0.0706. The van der Waals surface area contributed by atoms with Crippen LogP contribution in [0.25, 0.3) is 5.57 Å². The molecule has 1 aromatic carbocycles. The molecule has 4 aliphatic rings. The van der Waals surface area contributed by atoms with Gasteiger partial charge in [0.15, 0.2) is 0 Å². The summed E-state index contributed by atoms with van der Waals surface area (Å²) >= 11 is 0. The number of pyridine rings is 1. The van der Waals surface area contributed by atoms with Crippen molar-refractivity contribution in [2.45, 2.75) is 38.3 Å². The first-order valence-electron chi connectivity index (χ1n) is 12.5. The van der Waals surface area contributed by atoms with Gasteiger partial charge in [0, 0.05) is 78.4 Å². The van der Waals surface area contributed by atoms with Crippen molar-refractivity contribution in [2.24, 2.45) is 9.98 Å². The molecule has 1 aromatic heterocycles. The quantitative estimate of drug-likeness (QED) is 0.587. The number of anilines is 3. The van der Waals surface area contributed by atoms with E-state index >= 15 is 0 Å². The molecule has 1 unspecified atom stereocenters. The van der Waals surface area contributed by atoms with Crippen molar-refractivity contribution in [1.82, 2.24) is 10.3 Å². The van der Waals surface area contributed by atoms with Gasteiger partial charge in [-0.05, 0) is 80.6 Å². The molecule has 180 valence electrons. The van der Waals surface area contributed by atoms with Gasteiger partial charge in [0.05, 0.1) is 17.3 Å². The van der Waals surface area contributed by atoms with Gasteiger partial charge in [0.25, 0.3) is 0 Å². The number of aliphatic imine (C=N–C) groups is 2. The molecule has 2 bridgehead atoms. The fourth-order valence-electron chi connectivity index (χ4n) is 5.37. The predicted molar refractivity (Wildman–Crippen MR) is 150 cm³/mol. The van der Waals surface area contributed by atoms with Gasteiger partial charge in [-0.25, -0.2) is 0 Å².